The Morgan fingerprint density at radius 2 is 2.11 bits per heavy atom. The van der Waals surface area contributed by atoms with E-state index in [-0.39, 0.29) is 6.04 Å². The summed E-state index contributed by atoms with van der Waals surface area (Å²) in [6.45, 7) is 2.58. The summed E-state index contributed by atoms with van der Waals surface area (Å²) in [5, 5.41) is 2.05. The van der Waals surface area contributed by atoms with Crippen molar-refractivity contribution in [2.45, 2.75) is 26.0 Å². The van der Waals surface area contributed by atoms with Gasteiger partial charge in [-0.15, -0.1) is 11.3 Å². The number of halogens is 2. The van der Waals surface area contributed by atoms with Crippen LogP contribution in [0.3, 0.4) is 0 Å². The largest absolute Gasteiger partial charge is 0.488 e. The number of hydrogen-bond acceptors (Lipinski definition) is 3. The summed E-state index contributed by atoms with van der Waals surface area (Å²) >= 11 is 8.68. The molecule has 2 nitrogen and oxygen atoms in total. The topological polar surface area (TPSA) is 35.2 Å². The van der Waals surface area contributed by atoms with Gasteiger partial charge in [0, 0.05) is 15.0 Å². The van der Waals surface area contributed by atoms with Gasteiger partial charge >= 0.3 is 0 Å². The van der Waals surface area contributed by atoms with Crippen molar-refractivity contribution in [3.8, 4) is 5.75 Å². The van der Waals surface area contributed by atoms with Crippen LogP contribution in [-0.4, -0.2) is 6.04 Å². The zero-order chi connectivity index (χ0) is 13.8. The van der Waals surface area contributed by atoms with Crippen molar-refractivity contribution >= 4 is 43.2 Å². The maximum absolute atomic E-state index is 5.92. The molecule has 0 saturated heterocycles. The van der Waals surface area contributed by atoms with Gasteiger partial charge in [0.2, 0.25) is 0 Å². The van der Waals surface area contributed by atoms with Gasteiger partial charge in [0.15, 0.2) is 0 Å². The Hall–Kier alpha value is -0.360. The second-order valence-electron chi connectivity index (χ2n) is 4.41. The molecule has 2 N–H and O–H groups in total. The van der Waals surface area contributed by atoms with E-state index in [9.17, 15) is 0 Å². The highest BCUT2D eigenvalue weighted by Crippen LogP contribution is 2.28. The molecule has 1 atom stereocenters. The predicted octanol–water partition coefficient (Wildman–Crippen LogP) is 4.74. The van der Waals surface area contributed by atoms with Gasteiger partial charge in [0.25, 0.3) is 0 Å². The zero-order valence-electron chi connectivity index (χ0n) is 10.5. The highest BCUT2D eigenvalue weighted by molar-refractivity contribution is 9.10. The first-order chi connectivity index (χ1) is 9.06. The van der Waals surface area contributed by atoms with Crippen LogP contribution in [0.4, 0.5) is 0 Å². The first kappa shape index (κ1) is 15.0. The normalized spacial score (nSPS) is 12.4. The van der Waals surface area contributed by atoms with E-state index in [2.05, 4.69) is 37.9 Å². The number of thiophene rings is 1. The van der Waals surface area contributed by atoms with Crippen LogP contribution < -0.4 is 10.5 Å². The van der Waals surface area contributed by atoms with Crippen molar-refractivity contribution in [1.82, 2.24) is 0 Å². The molecule has 19 heavy (non-hydrogen) atoms. The van der Waals surface area contributed by atoms with Crippen molar-refractivity contribution < 1.29 is 4.74 Å². The van der Waals surface area contributed by atoms with E-state index in [0.717, 1.165) is 26.7 Å². The third-order valence-electron chi connectivity index (χ3n) is 2.61. The Morgan fingerprint density at radius 3 is 2.74 bits per heavy atom. The first-order valence-corrected chi connectivity index (χ1v) is 8.41. The van der Waals surface area contributed by atoms with Crippen LogP contribution in [0.15, 0.2) is 38.6 Å². The number of rotatable bonds is 5. The van der Waals surface area contributed by atoms with Gasteiger partial charge < -0.3 is 10.5 Å². The van der Waals surface area contributed by atoms with E-state index < -0.39 is 0 Å². The molecule has 0 bridgehead atoms. The van der Waals surface area contributed by atoms with Gasteiger partial charge in [0.1, 0.15) is 12.4 Å². The third-order valence-corrected chi connectivity index (χ3v) is 5.01. The summed E-state index contributed by atoms with van der Waals surface area (Å²) in [5.41, 5.74) is 7.02. The van der Waals surface area contributed by atoms with Gasteiger partial charge in [-0.05, 0) is 64.5 Å². The Morgan fingerprint density at radius 1 is 1.32 bits per heavy atom. The predicted molar refractivity (Wildman–Crippen MR) is 87.8 cm³/mol. The molecule has 1 heterocycles. The van der Waals surface area contributed by atoms with Crippen molar-refractivity contribution in [2.75, 3.05) is 0 Å². The van der Waals surface area contributed by atoms with Crippen molar-refractivity contribution in [3.05, 3.63) is 49.0 Å². The fourth-order valence-electron chi connectivity index (χ4n) is 1.77. The summed E-state index contributed by atoms with van der Waals surface area (Å²) < 4.78 is 8.07. The molecule has 2 rings (SSSR count). The molecule has 0 radical (unpaired) electrons. The van der Waals surface area contributed by atoms with Crippen LogP contribution in [0.1, 0.15) is 17.4 Å². The van der Waals surface area contributed by atoms with Crippen LogP contribution in [0.25, 0.3) is 0 Å². The summed E-state index contributed by atoms with van der Waals surface area (Å²) in [6.07, 6.45) is 0.806. The number of hydrogen-bond donors (Lipinski definition) is 1. The SMILES string of the molecule is CC(N)Cc1cc(Br)ccc1OCc1sccc1Br. The second-order valence-corrected chi connectivity index (χ2v) is 7.18. The van der Waals surface area contributed by atoms with Crippen LogP contribution in [0.2, 0.25) is 0 Å². The molecule has 1 aromatic carbocycles. The number of nitrogens with two attached hydrogens (primary N) is 1. The molecule has 0 aliphatic heterocycles. The summed E-state index contributed by atoms with van der Waals surface area (Å²) in [6, 6.07) is 8.20. The van der Waals surface area contributed by atoms with Crippen molar-refractivity contribution in [1.29, 1.82) is 0 Å². The average Bonchev–Trinajstić information content (AvgIpc) is 2.73. The van der Waals surface area contributed by atoms with Gasteiger partial charge in [0.05, 0.1) is 4.88 Å². The third kappa shape index (κ3) is 4.31. The molecule has 2 aromatic rings. The van der Waals surface area contributed by atoms with E-state index in [0.29, 0.717) is 6.61 Å². The molecule has 1 aromatic heterocycles. The van der Waals surface area contributed by atoms with E-state index >= 15 is 0 Å². The molecule has 0 amide bonds. The highest BCUT2D eigenvalue weighted by Gasteiger charge is 2.09. The van der Waals surface area contributed by atoms with Gasteiger partial charge in [-0.3, -0.25) is 0 Å². The molecule has 0 saturated carbocycles. The molecule has 0 aliphatic rings. The van der Waals surface area contributed by atoms with Crippen LogP contribution in [0.5, 0.6) is 5.75 Å². The molecule has 0 fully saturated rings. The minimum absolute atomic E-state index is 0.116. The maximum atomic E-state index is 5.92. The van der Waals surface area contributed by atoms with Crippen LogP contribution in [-0.2, 0) is 13.0 Å². The standard InChI is InChI=1S/C14H15Br2NOS/c1-9(17)6-10-7-11(15)2-3-13(10)18-8-14-12(16)4-5-19-14/h2-5,7,9H,6,8,17H2,1H3. The first-order valence-electron chi connectivity index (χ1n) is 5.95. The van der Waals surface area contributed by atoms with Crippen molar-refractivity contribution in [3.63, 3.8) is 0 Å². The van der Waals surface area contributed by atoms with Gasteiger partial charge in [-0.2, -0.15) is 0 Å². The molecule has 5 heteroatoms. The Labute approximate surface area is 134 Å². The molecule has 0 spiro atoms. The van der Waals surface area contributed by atoms with Crippen LogP contribution >= 0.6 is 43.2 Å². The lowest BCUT2D eigenvalue weighted by Gasteiger charge is -2.13. The van der Waals surface area contributed by atoms with E-state index in [1.807, 2.05) is 30.5 Å². The minimum atomic E-state index is 0.116. The maximum Gasteiger partial charge on any atom is 0.124 e. The second kappa shape index (κ2) is 6.88. The Kier molecular flexibility index (Phi) is 5.45. The molecular weight excluding hydrogens is 390 g/mol. The number of benzene rings is 1. The Bertz CT molecular complexity index is 554. The quantitative estimate of drug-likeness (QED) is 0.780. The lowest BCUT2D eigenvalue weighted by atomic mass is 10.1. The average molecular weight is 405 g/mol. The van der Waals surface area contributed by atoms with E-state index in [1.165, 1.54) is 4.88 Å². The van der Waals surface area contributed by atoms with E-state index in [4.69, 9.17) is 10.5 Å². The summed E-state index contributed by atoms with van der Waals surface area (Å²) in [7, 11) is 0. The lowest BCUT2D eigenvalue weighted by molar-refractivity contribution is 0.305. The van der Waals surface area contributed by atoms with Crippen molar-refractivity contribution in [2.24, 2.45) is 5.73 Å². The molecule has 102 valence electrons. The summed E-state index contributed by atoms with van der Waals surface area (Å²) in [5.74, 6) is 0.904. The minimum Gasteiger partial charge on any atom is -0.488 e. The molecular formula is C14H15Br2NOS. The number of ether oxygens (including phenoxy) is 1. The van der Waals surface area contributed by atoms with E-state index in [1.54, 1.807) is 11.3 Å². The molecule has 1 unspecified atom stereocenters. The molecule has 0 aliphatic carbocycles. The highest BCUT2D eigenvalue weighted by atomic mass is 79.9. The smallest absolute Gasteiger partial charge is 0.124 e. The monoisotopic (exact) mass is 403 g/mol. The van der Waals surface area contributed by atoms with Gasteiger partial charge in [-0.1, -0.05) is 15.9 Å². The fourth-order valence-corrected chi connectivity index (χ4v) is 3.55. The Balaban J connectivity index is 2.13. The van der Waals surface area contributed by atoms with Crippen LogP contribution in [0, 0.1) is 0 Å². The van der Waals surface area contributed by atoms with Gasteiger partial charge in [-0.25, -0.2) is 0 Å². The zero-order valence-corrected chi connectivity index (χ0v) is 14.5. The fraction of sp³-hybridized carbons (Fsp3) is 0.286. The lowest BCUT2D eigenvalue weighted by Crippen LogP contribution is -2.18. The summed E-state index contributed by atoms with van der Waals surface area (Å²) in [4.78, 5) is 1.19.